The minimum absolute atomic E-state index is 0.0545. The van der Waals surface area contributed by atoms with E-state index in [-0.39, 0.29) is 25.5 Å². The molecule has 2 heterocycles. The fourth-order valence-electron chi connectivity index (χ4n) is 6.55. The second-order valence-electron chi connectivity index (χ2n) is 13.9. The van der Waals surface area contributed by atoms with Crippen LogP contribution in [0.5, 0.6) is 0 Å². The van der Waals surface area contributed by atoms with Gasteiger partial charge in [-0.25, -0.2) is 4.79 Å². The van der Waals surface area contributed by atoms with Crippen LogP contribution in [0, 0.1) is 12.8 Å². The Kier molecular flexibility index (Phi) is 12.3. The fourth-order valence-corrected chi connectivity index (χ4v) is 6.55. The molecule has 3 aromatic rings. The minimum atomic E-state index is -0.914. The third kappa shape index (κ3) is 9.69. The molecule has 2 aliphatic heterocycles. The molecule has 11 nitrogen and oxygen atoms in total. The van der Waals surface area contributed by atoms with Crippen molar-refractivity contribution in [2.75, 3.05) is 11.9 Å². The molecule has 4 N–H and O–H groups in total. The van der Waals surface area contributed by atoms with Crippen molar-refractivity contribution in [3.8, 4) is 0 Å². The van der Waals surface area contributed by atoms with E-state index in [0.717, 1.165) is 16.7 Å². The van der Waals surface area contributed by atoms with Crippen LogP contribution in [0.2, 0.25) is 0 Å². The molecule has 0 aliphatic carbocycles. The molecule has 6 atom stereocenters. The quantitative estimate of drug-likeness (QED) is 0.197. The maximum atomic E-state index is 14.5. The van der Waals surface area contributed by atoms with E-state index >= 15 is 0 Å². The summed E-state index contributed by atoms with van der Waals surface area (Å²) in [5.74, 6) is -1.91. The number of amides is 4. The summed E-state index contributed by atoms with van der Waals surface area (Å²) in [7, 11) is 0. The van der Waals surface area contributed by atoms with Gasteiger partial charge in [0.05, 0.1) is 12.6 Å². The Morgan fingerprint density at radius 2 is 1.56 bits per heavy atom. The van der Waals surface area contributed by atoms with Gasteiger partial charge >= 0.3 is 6.03 Å². The molecule has 0 bridgehead atoms. The molecule has 2 fully saturated rings. The third-order valence-electron chi connectivity index (χ3n) is 8.96. The molecule has 11 heteroatoms. The number of nitrogens with two attached hydrogens (primary N) is 1. The van der Waals surface area contributed by atoms with E-state index in [1.807, 2.05) is 106 Å². The van der Waals surface area contributed by atoms with Gasteiger partial charge in [0, 0.05) is 18.7 Å². The Hall–Kier alpha value is -4.29. The molecule has 2 aliphatic rings. The van der Waals surface area contributed by atoms with Gasteiger partial charge in [-0.3, -0.25) is 9.59 Å². The first-order valence-electron chi connectivity index (χ1n) is 17.3. The fraction of sp³-hybridized carbons (Fsp3) is 0.462. The van der Waals surface area contributed by atoms with Crippen molar-refractivity contribution in [1.82, 2.24) is 10.2 Å². The molecule has 5 rings (SSSR count). The molecule has 268 valence electrons. The number of urea groups is 1. The van der Waals surface area contributed by atoms with Gasteiger partial charge in [-0.2, -0.15) is 0 Å². The molecule has 0 unspecified atom stereocenters. The standard InChI is InChI=1S/C39H50N4O7/c1-25(2)22-31(43(21-20-27-15-8-6-9-16-27)38(46)42-29-19-13-12-14-26(29)3)36(45)41-30(23-32(40)44)33-34(47-24-28-17-10-7-11-18-28)35-37(48-33)50-39(4,5)49-35/h6-19,25,30-31,33-35,37H,20-24H2,1-5H3,(H2,40,44)(H,41,45)(H,42,46)/t30-,31-,33-,34+,35-,37-/m0/s1. The molecule has 50 heavy (non-hydrogen) atoms. The normalized spacial score (nSPS) is 22.0. The van der Waals surface area contributed by atoms with Gasteiger partial charge in [0.15, 0.2) is 12.1 Å². The first-order valence-corrected chi connectivity index (χ1v) is 17.3. The maximum Gasteiger partial charge on any atom is 0.322 e. The van der Waals surface area contributed by atoms with E-state index in [2.05, 4.69) is 10.6 Å². The zero-order chi connectivity index (χ0) is 35.8. The zero-order valence-corrected chi connectivity index (χ0v) is 29.5. The Morgan fingerprint density at radius 1 is 0.920 bits per heavy atom. The SMILES string of the molecule is Cc1ccccc1NC(=O)N(CCc1ccccc1)[C@@H](CC(C)C)C(=O)N[C@@H](CC(N)=O)[C@@H]1O[C@H]2OC(C)(C)O[C@H]2[C@@H]1OCc1ccccc1. The van der Waals surface area contributed by atoms with Crippen LogP contribution >= 0.6 is 0 Å². The summed E-state index contributed by atoms with van der Waals surface area (Å²) in [5, 5.41) is 6.09. The van der Waals surface area contributed by atoms with E-state index in [0.29, 0.717) is 18.5 Å². The van der Waals surface area contributed by atoms with Crippen LogP contribution in [0.15, 0.2) is 84.9 Å². The van der Waals surface area contributed by atoms with Crippen molar-refractivity contribution < 1.29 is 33.3 Å². The number of hydrogen-bond donors (Lipinski definition) is 3. The number of benzene rings is 3. The van der Waals surface area contributed by atoms with Gasteiger partial charge in [0.2, 0.25) is 11.8 Å². The molecule has 2 saturated heterocycles. The monoisotopic (exact) mass is 686 g/mol. The van der Waals surface area contributed by atoms with Crippen LogP contribution in [-0.4, -0.2) is 71.8 Å². The van der Waals surface area contributed by atoms with Crippen molar-refractivity contribution in [2.45, 2.75) is 103 Å². The Bertz CT molecular complexity index is 1590. The molecule has 0 saturated carbocycles. The van der Waals surface area contributed by atoms with Crippen molar-refractivity contribution in [3.63, 3.8) is 0 Å². The molecule has 4 amide bonds. The molecular weight excluding hydrogens is 636 g/mol. The van der Waals surface area contributed by atoms with Gasteiger partial charge in [-0.15, -0.1) is 0 Å². The number of nitrogens with zero attached hydrogens (tertiary/aromatic N) is 1. The largest absolute Gasteiger partial charge is 0.370 e. The van der Waals surface area contributed by atoms with Crippen molar-refractivity contribution in [1.29, 1.82) is 0 Å². The summed E-state index contributed by atoms with van der Waals surface area (Å²) in [6.07, 6.45) is -2.25. The number of fused-ring (bicyclic) bond motifs is 1. The van der Waals surface area contributed by atoms with Crippen LogP contribution in [0.1, 0.15) is 57.2 Å². The number of para-hydroxylation sites is 1. The van der Waals surface area contributed by atoms with Gasteiger partial charge in [-0.1, -0.05) is 92.7 Å². The first kappa shape index (κ1) is 37.0. The summed E-state index contributed by atoms with van der Waals surface area (Å²) in [6.45, 7) is 10.0. The lowest BCUT2D eigenvalue weighted by Gasteiger charge is -2.35. The summed E-state index contributed by atoms with van der Waals surface area (Å²) < 4.78 is 25.0. The molecule has 0 radical (unpaired) electrons. The predicted octanol–water partition coefficient (Wildman–Crippen LogP) is 5.31. The average Bonchev–Trinajstić information content (AvgIpc) is 3.56. The average molecular weight is 687 g/mol. The van der Waals surface area contributed by atoms with E-state index in [9.17, 15) is 14.4 Å². The smallest absolute Gasteiger partial charge is 0.322 e. The predicted molar refractivity (Wildman–Crippen MR) is 190 cm³/mol. The second kappa shape index (κ2) is 16.6. The highest BCUT2D eigenvalue weighted by Gasteiger charge is 2.57. The number of anilines is 1. The van der Waals surface area contributed by atoms with E-state index < -0.39 is 60.3 Å². The second-order valence-corrected chi connectivity index (χ2v) is 13.9. The van der Waals surface area contributed by atoms with E-state index in [1.165, 1.54) is 0 Å². The first-order chi connectivity index (χ1) is 23.9. The zero-order valence-electron chi connectivity index (χ0n) is 29.5. The van der Waals surface area contributed by atoms with Gasteiger partial charge in [0.1, 0.15) is 24.4 Å². The lowest BCUT2D eigenvalue weighted by molar-refractivity contribution is -0.222. The summed E-state index contributed by atoms with van der Waals surface area (Å²) >= 11 is 0. The highest BCUT2D eigenvalue weighted by molar-refractivity contribution is 5.94. The Labute approximate surface area is 294 Å². The minimum Gasteiger partial charge on any atom is -0.370 e. The number of ether oxygens (including phenoxy) is 4. The molecule has 0 aromatic heterocycles. The molecular formula is C39H50N4O7. The number of hydrogen-bond acceptors (Lipinski definition) is 7. The van der Waals surface area contributed by atoms with Crippen LogP contribution < -0.4 is 16.4 Å². The van der Waals surface area contributed by atoms with Crippen LogP contribution in [0.4, 0.5) is 10.5 Å². The summed E-state index contributed by atoms with van der Waals surface area (Å²) in [6, 6.07) is 24.8. The van der Waals surface area contributed by atoms with Crippen molar-refractivity contribution in [2.24, 2.45) is 11.7 Å². The Balaban J connectivity index is 1.42. The van der Waals surface area contributed by atoms with Crippen molar-refractivity contribution in [3.05, 3.63) is 102 Å². The molecule has 0 spiro atoms. The number of rotatable bonds is 15. The van der Waals surface area contributed by atoms with Crippen LogP contribution in [-0.2, 0) is 41.6 Å². The van der Waals surface area contributed by atoms with Gasteiger partial charge in [0.25, 0.3) is 0 Å². The lowest BCUT2D eigenvalue weighted by Crippen LogP contribution is -2.58. The number of carbonyl (C=O) groups excluding carboxylic acids is 3. The summed E-state index contributed by atoms with van der Waals surface area (Å²) in [4.78, 5) is 42.7. The topological polar surface area (TPSA) is 141 Å². The van der Waals surface area contributed by atoms with Gasteiger partial charge < -0.3 is 40.2 Å². The summed E-state index contributed by atoms with van der Waals surface area (Å²) in [5.41, 5.74) is 9.28. The number of aryl methyl sites for hydroxylation is 1. The molecule has 3 aromatic carbocycles. The highest BCUT2D eigenvalue weighted by atomic mass is 16.8. The van der Waals surface area contributed by atoms with Gasteiger partial charge in [-0.05, 0) is 62.3 Å². The van der Waals surface area contributed by atoms with Crippen molar-refractivity contribution >= 4 is 23.5 Å². The lowest BCUT2D eigenvalue weighted by atomic mass is 9.97. The van der Waals surface area contributed by atoms with Crippen LogP contribution in [0.25, 0.3) is 0 Å². The number of nitrogens with one attached hydrogen (secondary N) is 2. The van der Waals surface area contributed by atoms with E-state index in [4.69, 9.17) is 24.7 Å². The number of carbonyl (C=O) groups is 3. The van der Waals surface area contributed by atoms with E-state index in [1.54, 1.807) is 18.7 Å². The maximum absolute atomic E-state index is 14.5. The Morgan fingerprint density at radius 3 is 2.20 bits per heavy atom. The van der Waals surface area contributed by atoms with Crippen LogP contribution in [0.3, 0.4) is 0 Å². The third-order valence-corrected chi connectivity index (χ3v) is 8.96. The number of primary amides is 1. The highest BCUT2D eigenvalue weighted by Crippen LogP contribution is 2.40.